The highest BCUT2D eigenvalue weighted by atomic mass is 16.6. The quantitative estimate of drug-likeness (QED) is 0.0838. The minimum absolute atomic E-state index is 0.241. The minimum Gasteiger partial charge on any atom is -0.494 e. The van der Waals surface area contributed by atoms with Crippen LogP contribution in [0, 0.1) is 40.5 Å². The molecule has 0 bridgehead atoms. The van der Waals surface area contributed by atoms with Crippen LogP contribution in [0.15, 0.2) is 84.9 Å². The number of hydrogen-bond acceptors (Lipinski definition) is 12. The van der Waals surface area contributed by atoms with Gasteiger partial charge in [0.05, 0.1) is 56.2 Å². The summed E-state index contributed by atoms with van der Waals surface area (Å²) in [5.41, 5.74) is -2.13. The van der Waals surface area contributed by atoms with Gasteiger partial charge < -0.3 is 20.1 Å². The summed E-state index contributed by atoms with van der Waals surface area (Å²) >= 11 is 0. The summed E-state index contributed by atoms with van der Waals surface area (Å²) in [6.07, 6.45) is 1.26. The van der Waals surface area contributed by atoms with E-state index in [2.05, 4.69) is 10.6 Å². The van der Waals surface area contributed by atoms with Crippen molar-refractivity contribution in [3.8, 4) is 11.5 Å². The third-order valence-corrected chi connectivity index (χ3v) is 6.47. The average molecular weight is 661 g/mol. The molecule has 18 heteroatoms. The number of non-ortho nitro benzene ring substituents is 4. The van der Waals surface area contributed by atoms with Gasteiger partial charge in [0.1, 0.15) is 11.5 Å². The molecule has 0 atom stereocenters. The average Bonchev–Trinajstić information content (AvgIpc) is 3.07. The molecule has 246 valence electrons. The number of benzene rings is 4. The van der Waals surface area contributed by atoms with Gasteiger partial charge in [0.15, 0.2) is 0 Å². The molecular weight excluding hydrogens is 636 g/mol. The molecule has 4 aromatic carbocycles. The van der Waals surface area contributed by atoms with Gasteiger partial charge in [-0.25, -0.2) is 0 Å². The van der Waals surface area contributed by atoms with E-state index in [1.807, 2.05) is 0 Å². The maximum atomic E-state index is 12.5. The Morgan fingerprint density at radius 1 is 0.500 bits per heavy atom. The van der Waals surface area contributed by atoms with Crippen molar-refractivity contribution in [3.63, 3.8) is 0 Å². The first-order valence-electron chi connectivity index (χ1n) is 13.9. The molecule has 4 rings (SSSR count). The second kappa shape index (κ2) is 15.3. The SMILES string of the molecule is O=C(Nc1ccc(OCCCCOc2ccc(NC(=O)c3cc([N+](=O)[O-])cc([N+](=O)[O-])c3)cc2)cc1)c1cc([N+](=O)[O-])cc([N+](=O)[O-])c1. The fraction of sp³-hybridized carbons (Fsp3) is 0.133. The predicted molar refractivity (Wildman–Crippen MR) is 169 cm³/mol. The van der Waals surface area contributed by atoms with E-state index >= 15 is 0 Å². The van der Waals surface area contributed by atoms with E-state index in [-0.39, 0.29) is 11.1 Å². The molecule has 0 heterocycles. The number of rotatable bonds is 15. The second-order valence-electron chi connectivity index (χ2n) is 9.87. The highest BCUT2D eigenvalue weighted by Gasteiger charge is 2.21. The van der Waals surface area contributed by atoms with Crippen LogP contribution >= 0.6 is 0 Å². The van der Waals surface area contributed by atoms with Gasteiger partial charge in [-0.15, -0.1) is 0 Å². The molecule has 0 radical (unpaired) electrons. The highest BCUT2D eigenvalue weighted by Crippen LogP contribution is 2.26. The van der Waals surface area contributed by atoms with E-state index in [4.69, 9.17) is 9.47 Å². The van der Waals surface area contributed by atoms with E-state index in [0.717, 1.165) is 36.4 Å². The molecule has 0 aliphatic carbocycles. The van der Waals surface area contributed by atoms with Gasteiger partial charge in [0.2, 0.25) is 0 Å². The number of carbonyl (C=O) groups excluding carboxylic acids is 2. The number of amides is 2. The number of nitro groups is 4. The molecule has 0 spiro atoms. The molecule has 2 amide bonds. The Bertz CT molecular complexity index is 1680. The summed E-state index contributed by atoms with van der Waals surface area (Å²) in [7, 11) is 0. The monoisotopic (exact) mass is 660 g/mol. The van der Waals surface area contributed by atoms with E-state index in [1.54, 1.807) is 48.5 Å². The zero-order valence-electron chi connectivity index (χ0n) is 24.6. The zero-order chi connectivity index (χ0) is 34.8. The maximum Gasteiger partial charge on any atom is 0.277 e. The first kappa shape index (κ1) is 33.9. The Labute approximate surface area is 269 Å². The van der Waals surface area contributed by atoms with Crippen LogP contribution in [0.3, 0.4) is 0 Å². The van der Waals surface area contributed by atoms with Gasteiger partial charge in [-0.1, -0.05) is 0 Å². The van der Waals surface area contributed by atoms with Crippen LogP contribution in [0.1, 0.15) is 33.6 Å². The van der Waals surface area contributed by atoms with E-state index in [0.29, 0.717) is 48.9 Å². The van der Waals surface area contributed by atoms with Crippen LogP contribution in [0.25, 0.3) is 0 Å². The topological polar surface area (TPSA) is 249 Å². The van der Waals surface area contributed by atoms with Crippen molar-refractivity contribution < 1.29 is 38.8 Å². The molecule has 0 aliphatic rings. The maximum absolute atomic E-state index is 12.5. The third-order valence-electron chi connectivity index (χ3n) is 6.47. The van der Waals surface area contributed by atoms with Crippen molar-refractivity contribution in [3.05, 3.63) is 137 Å². The minimum atomic E-state index is -0.823. The number of nitrogens with zero attached hydrogens (tertiary/aromatic N) is 4. The summed E-state index contributed by atoms with van der Waals surface area (Å²) in [6.45, 7) is 0.709. The first-order chi connectivity index (χ1) is 22.9. The van der Waals surface area contributed by atoms with Crippen molar-refractivity contribution >= 4 is 45.9 Å². The first-order valence-corrected chi connectivity index (χ1v) is 13.9. The molecule has 48 heavy (non-hydrogen) atoms. The van der Waals surface area contributed by atoms with Crippen molar-refractivity contribution in [2.24, 2.45) is 0 Å². The Balaban J connectivity index is 1.19. The molecule has 0 aromatic heterocycles. The van der Waals surface area contributed by atoms with Crippen LogP contribution in [0.4, 0.5) is 34.1 Å². The Morgan fingerprint density at radius 2 is 0.792 bits per heavy atom. The van der Waals surface area contributed by atoms with Gasteiger partial charge in [0, 0.05) is 35.6 Å². The molecule has 0 aliphatic heterocycles. The lowest BCUT2D eigenvalue weighted by molar-refractivity contribution is -0.394. The lowest BCUT2D eigenvalue weighted by atomic mass is 10.1. The smallest absolute Gasteiger partial charge is 0.277 e. The number of ether oxygens (including phenoxy) is 2. The number of carbonyl (C=O) groups is 2. The molecule has 0 fully saturated rings. The summed E-state index contributed by atoms with van der Waals surface area (Å²) in [4.78, 5) is 66.1. The number of nitro benzene ring substituents is 4. The van der Waals surface area contributed by atoms with E-state index in [9.17, 15) is 50.0 Å². The lowest BCUT2D eigenvalue weighted by Gasteiger charge is -2.10. The third kappa shape index (κ3) is 9.27. The van der Waals surface area contributed by atoms with E-state index < -0.39 is 54.3 Å². The lowest BCUT2D eigenvalue weighted by Crippen LogP contribution is -2.12. The zero-order valence-corrected chi connectivity index (χ0v) is 24.6. The van der Waals surface area contributed by atoms with Crippen LogP contribution in [-0.2, 0) is 0 Å². The van der Waals surface area contributed by atoms with Crippen molar-refractivity contribution in [1.82, 2.24) is 0 Å². The molecule has 0 saturated carbocycles. The normalized spacial score (nSPS) is 10.4. The Kier molecular flexibility index (Phi) is 10.8. The molecular formula is C30H24N6O12. The standard InChI is InChI=1S/C30H24N6O12/c37-29(19-13-23(33(39)40)17-24(14-19)34(41)42)31-21-3-7-27(8-4-21)47-11-1-2-12-48-28-9-5-22(6-10-28)32-30(38)20-15-25(35(43)44)18-26(16-20)36(45)46/h3-10,13-18H,1-2,11-12H2,(H,31,37)(H,32,38). The fourth-order valence-corrected chi connectivity index (χ4v) is 4.13. The molecule has 18 nitrogen and oxygen atoms in total. The Morgan fingerprint density at radius 3 is 1.06 bits per heavy atom. The van der Waals surface area contributed by atoms with Crippen LogP contribution < -0.4 is 20.1 Å². The van der Waals surface area contributed by atoms with Crippen LogP contribution in [0.2, 0.25) is 0 Å². The molecule has 4 aromatic rings. The predicted octanol–water partition coefficient (Wildman–Crippen LogP) is 6.06. The Hall–Kier alpha value is -6.98. The van der Waals surface area contributed by atoms with Gasteiger partial charge in [0.25, 0.3) is 34.6 Å². The van der Waals surface area contributed by atoms with Crippen LogP contribution in [0.5, 0.6) is 11.5 Å². The molecule has 0 unspecified atom stereocenters. The van der Waals surface area contributed by atoms with Crippen LogP contribution in [-0.4, -0.2) is 44.7 Å². The summed E-state index contributed by atoms with van der Waals surface area (Å²) in [5.74, 6) is -0.498. The largest absolute Gasteiger partial charge is 0.494 e. The second-order valence-corrected chi connectivity index (χ2v) is 9.87. The van der Waals surface area contributed by atoms with Gasteiger partial charge in [-0.3, -0.25) is 50.0 Å². The molecule has 2 N–H and O–H groups in total. The van der Waals surface area contributed by atoms with Gasteiger partial charge in [-0.2, -0.15) is 0 Å². The van der Waals surface area contributed by atoms with E-state index in [1.165, 1.54) is 0 Å². The van der Waals surface area contributed by atoms with Gasteiger partial charge in [-0.05, 0) is 61.4 Å². The summed E-state index contributed by atoms with van der Waals surface area (Å²) in [5, 5.41) is 49.3. The number of hydrogen-bond donors (Lipinski definition) is 2. The van der Waals surface area contributed by atoms with Crippen molar-refractivity contribution in [2.75, 3.05) is 23.8 Å². The van der Waals surface area contributed by atoms with Gasteiger partial charge >= 0.3 is 0 Å². The number of unbranched alkanes of at least 4 members (excludes halogenated alkanes) is 1. The fourth-order valence-electron chi connectivity index (χ4n) is 4.13. The summed E-state index contributed by atoms with van der Waals surface area (Å²) in [6, 6.07) is 17.9. The summed E-state index contributed by atoms with van der Waals surface area (Å²) < 4.78 is 11.4. The number of nitrogens with one attached hydrogen (secondary N) is 2. The number of anilines is 2. The van der Waals surface area contributed by atoms with Crippen molar-refractivity contribution in [1.29, 1.82) is 0 Å². The molecule has 0 saturated heterocycles. The van der Waals surface area contributed by atoms with Crippen molar-refractivity contribution in [2.45, 2.75) is 12.8 Å². The highest BCUT2D eigenvalue weighted by molar-refractivity contribution is 6.05.